The highest BCUT2D eigenvalue weighted by Crippen LogP contribution is 2.33. The summed E-state index contributed by atoms with van der Waals surface area (Å²) in [4.78, 5) is 66.4. The van der Waals surface area contributed by atoms with Gasteiger partial charge in [-0.15, -0.1) is 0 Å². The first-order valence-electron chi connectivity index (χ1n) is 19.9. The van der Waals surface area contributed by atoms with E-state index >= 15 is 0 Å². The number of aliphatic hydroxyl groups is 1. The first-order chi connectivity index (χ1) is 27.1. The van der Waals surface area contributed by atoms with E-state index in [0.717, 1.165) is 70.1 Å². The molecule has 0 aliphatic carbocycles. The zero-order valence-corrected chi connectivity index (χ0v) is 34.9. The maximum atomic E-state index is 13.3. The summed E-state index contributed by atoms with van der Waals surface area (Å²) in [6.07, 6.45) is 11.3. The molecular formula is C38H55BrClN9O6S. The Morgan fingerprint density at radius 1 is 0.964 bits per heavy atom. The minimum Gasteiger partial charge on any atom is -0.391 e. The average Bonchev–Trinajstić information content (AvgIpc) is 3.73. The number of thioether (sulfide) groups is 1. The van der Waals surface area contributed by atoms with Crippen molar-refractivity contribution in [2.75, 3.05) is 25.4 Å². The second kappa shape index (κ2) is 22.6. The van der Waals surface area contributed by atoms with Crippen molar-refractivity contribution in [1.29, 1.82) is 0 Å². The number of aromatic nitrogens is 2. The van der Waals surface area contributed by atoms with Gasteiger partial charge in [-0.2, -0.15) is 16.9 Å². The second-order valence-corrected chi connectivity index (χ2v) is 17.4. The van der Waals surface area contributed by atoms with Gasteiger partial charge in [-0.1, -0.05) is 30.9 Å². The maximum absolute atomic E-state index is 13.3. The topological polar surface area (TPSA) is 208 Å². The third-order valence-corrected chi connectivity index (χ3v) is 13.2. The lowest BCUT2D eigenvalue weighted by Crippen LogP contribution is -2.46. The summed E-state index contributed by atoms with van der Waals surface area (Å²) in [5.74, 6) is 0.756. The van der Waals surface area contributed by atoms with E-state index in [1.165, 1.54) is 10.9 Å². The zero-order valence-electron chi connectivity index (χ0n) is 31.8. The number of carbonyl (C=O) groups is 4. The number of piperidine rings is 1. The average molecular weight is 881 g/mol. The molecule has 308 valence electrons. The Labute approximate surface area is 345 Å². The van der Waals surface area contributed by atoms with E-state index < -0.39 is 6.10 Å². The van der Waals surface area contributed by atoms with Crippen LogP contribution in [0.4, 0.5) is 4.79 Å². The Balaban J connectivity index is 0.905. The highest BCUT2D eigenvalue weighted by Gasteiger charge is 2.42. The number of hydrogen-bond donors (Lipinski definition) is 7. The quantitative estimate of drug-likeness (QED) is 0.0396. The van der Waals surface area contributed by atoms with Crippen molar-refractivity contribution >= 4 is 79.7 Å². The molecule has 5 rings (SSSR count). The highest BCUT2D eigenvalue weighted by atomic mass is 79.9. The Bertz CT molecular complexity index is 1770. The predicted molar refractivity (Wildman–Crippen MR) is 223 cm³/mol. The molecular weight excluding hydrogens is 826 g/mol. The van der Waals surface area contributed by atoms with Crippen molar-refractivity contribution in [2.24, 2.45) is 5.10 Å². The van der Waals surface area contributed by atoms with Crippen molar-refractivity contribution in [2.45, 2.75) is 132 Å². The number of amides is 5. The molecule has 3 aliphatic heterocycles. The maximum Gasteiger partial charge on any atom is 0.315 e. The van der Waals surface area contributed by atoms with Crippen molar-refractivity contribution < 1.29 is 24.3 Å². The summed E-state index contributed by atoms with van der Waals surface area (Å²) in [5, 5.41) is 31.3. The van der Waals surface area contributed by atoms with Crippen LogP contribution in [-0.2, 0) is 20.9 Å². The van der Waals surface area contributed by atoms with Gasteiger partial charge in [-0.25, -0.2) is 15.2 Å². The molecule has 56 heavy (non-hydrogen) atoms. The number of hydrazone groups is 1. The molecule has 18 heteroatoms. The number of halogens is 2. The number of benzene rings is 1. The van der Waals surface area contributed by atoms with Crippen LogP contribution >= 0.6 is 39.3 Å². The Hall–Kier alpha value is -3.25. The molecule has 0 bridgehead atoms. The Morgan fingerprint density at radius 2 is 1.66 bits per heavy atom. The lowest BCUT2D eigenvalue weighted by molar-refractivity contribution is -0.122. The largest absolute Gasteiger partial charge is 0.391 e. The fourth-order valence-electron chi connectivity index (χ4n) is 7.28. The molecule has 2 aromatic rings. The fraction of sp³-hybridized carbons (Fsp3) is 0.658. The molecule has 7 N–H and O–H groups in total. The van der Waals surface area contributed by atoms with Gasteiger partial charge in [0.15, 0.2) is 0 Å². The smallest absolute Gasteiger partial charge is 0.315 e. The highest BCUT2D eigenvalue weighted by molar-refractivity contribution is 9.10. The standard InChI is InChI=1S/C38H55BrClN9O6S/c39-26-20-28-25(19-27(26)40)37(54)49(23-44-28)21-24(18-29-31(50)10-9-17-41-29)47-48-35(53)14-4-2-8-16-42-33(51)12-3-1-7-15-43-34(52)13-6-5-11-32-36-30(22-56-32)45-38(55)46-36/h19-20,23,29-32,36,41,50H,1-18,21-22H2,(H,42,51)(H,43,52)(H,48,53)(H2,45,46,55). The van der Waals surface area contributed by atoms with Crippen molar-refractivity contribution in [3.05, 3.63) is 38.3 Å². The first-order valence-corrected chi connectivity index (χ1v) is 22.1. The molecule has 5 unspecified atom stereocenters. The van der Waals surface area contributed by atoms with E-state index in [9.17, 15) is 29.1 Å². The molecule has 0 spiro atoms. The third-order valence-electron chi connectivity index (χ3n) is 10.4. The van der Waals surface area contributed by atoms with Gasteiger partial charge in [0, 0.05) is 60.3 Å². The number of urea groups is 1. The molecule has 5 atom stereocenters. The molecule has 4 heterocycles. The number of rotatable bonds is 22. The van der Waals surface area contributed by atoms with Gasteiger partial charge in [0.25, 0.3) is 5.56 Å². The number of unbranched alkanes of at least 4 members (excludes halogenated alkanes) is 5. The van der Waals surface area contributed by atoms with Crippen molar-refractivity contribution in [1.82, 2.24) is 41.6 Å². The number of fused-ring (bicyclic) bond motifs is 2. The van der Waals surface area contributed by atoms with Crippen molar-refractivity contribution in [3.63, 3.8) is 0 Å². The Kier molecular flexibility index (Phi) is 17.7. The summed E-state index contributed by atoms with van der Waals surface area (Å²) in [7, 11) is 0. The van der Waals surface area contributed by atoms with Crippen LogP contribution in [0.1, 0.15) is 96.3 Å². The molecule has 0 radical (unpaired) electrons. The number of nitrogens with one attached hydrogen (secondary N) is 6. The summed E-state index contributed by atoms with van der Waals surface area (Å²) in [6.45, 7) is 2.00. The van der Waals surface area contributed by atoms with Gasteiger partial charge in [0.1, 0.15) is 0 Å². The molecule has 3 fully saturated rings. The zero-order chi connectivity index (χ0) is 39.9. The van der Waals surface area contributed by atoms with Crippen LogP contribution in [0.2, 0.25) is 5.02 Å². The lowest BCUT2D eigenvalue weighted by Gasteiger charge is -2.29. The first kappa shape index (κ1) is 43.9. The monoisotopic (exact) mass is 879 g/mol. The SMILES string of the molecule is O=C(CCCCCNC(=O)CCCCC1SCC2NC(=O)NC21)NCCCCCC(=O)NN=C(CC1NCCCC1O)Cn1cnc2cc(Br)c(Cl)cc2c1=O. The Morgan fingerprint density at radius 3 is 2.38 bits per heavy atom. The molecule has 3 saturated heterocycles. The summed E-state index contributed by atoms with van der Waals surface area (Å²) >= 11 is 11.5. The van der Waals surface area contributed by atoms with Crippen LogP contribution in [0, 0.1) is 0 Å². The summed E-state index contributed by atoms with van der Waals surface area (Å²) < 4.78 is 2.07. The van der Waals surface area contributed by atoms with E-state index in [-0.39, 0.29) is 60.4 Å². The van der Waals surface area contributed by atoms with Crippen LogP contribution in [0.3, 0.4) is 0 Å². The number of hydrogen-bond acceptors (Lipinski definition) is 10. The second-order valence-electron chi connectivity index (χ2n) is 14.8. The van der Waals surface area contributed by atoms with Crippen LogP contribution in [0.5, 0.6) is 0 Å². The molecule has 1 aromatic carbocycles. The number of nitrogens with zero attached hydrogens (tertiary/aromatic N) is 3. The van der Waals surface area contributed by atoms with Crippen LogP contribution in [-0.4, -0.2) is 99.0 Å². The van der Waals surface area contributed by atoms with Gasteiger partial charge in [-0.05, 0) is 86.0 Å². The van der Waals surface area contributed by atoms with E-state index in [1.807, 2.05) is 11.8 Å². The molecule has 0 saturated carbocycles. The van der Waals surface area contributed by atoms with Gasteiger partial charge in [0.05, 0.1) is 52.7 Å². The minimum absolute atomic E-state index is 0.00241. The normalized spacial score (nSPS) is 22.0. The molecule has 3 aliphatic rings. The summed E-state index contributed by atoms with van der Waals surface area (Å²) in [5.41, 5.74) is 3.37. The molecule has 15 nitrogen and oxygen atoms in total. The van der Waals surface area contributed by atoms with Crippen LogP contribution in [0.25, 0.3) is 10.9 Å². The predicted octanol–water partition coefficient (Wildman–Crippen LogP) is 3.87. The van der Waals surface area contributed by atoms with Crippen LogP contribution < -0.4 is 37.6 Å². The van der Waals surface area contributed by atoms with E-state index in [1.54, 1.807) is 12.1 Å². The van der Waals surface area contributed by atoms with E-state index in [0.29, 0.717) is 76.6 Å². The van der Waals surface area contributed by atoms with Gasteiger partial charge < -0.3 is 31.7 Å². The number of carbonyl (C=O) groups excluding carboxylic acids is 4. The molecule has 5 amide bonds. The lowest BCUT2D eigenvalue weighted by atomic mass is 9.96. The summed E-state index contributed by atoms with van der Waals surface area (Å²) in [6, 6.07) is 3.37. The number of aliphatic hydroxyl groups excluding tert-OH is 1. The van der Waals surface area contributed by atoms with E-state index in [2.05, 4.69) is 58.0 Å². The van der Waals surface area contributed by atoms with Crippen molar-refractivity contribution in [3.8, 4) is 0 Å². The minimum atomic E-state index is -0.563. The molecule has 1 aromatic heterocycles. The van der Waals surface area contributed by atoms with Crippen LogP contribution in [0.15, 0.2) is 32.8 Å². The van der Waals surface area contributed by atoms with Gasteiger partial charge >= 0.3 is 6.03 Å². The van der Waals surface area contributed by atoms with Gasteiger partial charge in [0.2, 0.25) is 17.7 Å². The third kappa shape index (κ3) is 13.7. The fourth-order valence-corrected chi connectivity index (χ4v) is 9.32. The van der Waals surface area contributed by atoms with Gasteiger partial charge in [-0.3, -0.25) is 23.7 Å². The van der Waals surface area contributed by atoms with E-state index in [4.69, 9.17) is 11.6 Å².